The van der Waals surface area contributed by atoms with Gasteiger partial charge in [-0.05, 0) is 126 Å². The van der Waals surface area contributed by atoms with Crippen molar-refractivity contribution in [3.8, 4) is 5.75 Å². The smallest absolute Gasteiger partial charge is 0.410 e. The first-order valence-corrected chi connectivity index (χ1v) is 27.8. The number of anilines is 1. The molecule has 3 aromatic carbocycles. The highest BCUT2D eigenvalue weighted by atomic mass is 35.5. The van der Waals surface area contributed by atoms with E-state index in [1.165, 1.54) is 6.07 Å². The number of nitrogens with zero attached hydrogens (tertiary/aromatic N) is 4. The topological polar surface area (TPSA) is 125 Å². The summed E-state index contributed by atoms with van der Waals surface area (Å²) in [4.78, 5) is 49.2. The minimum Gasteiger partial charge on any atom is -0.493 e. The number of halogens is 2. The third-order valence-electron chi connectivity index (χ3n) is 13.9. The summed E-state index contributed by atoms with van der Waals surface area (Å²) >= 11 is 6.61. The van der Waals surface area contributed by atoms with Crippen molar-refractivity contribution in [2.45, 2.75) is 117 Å². The Balaban J connectivity index is 1.07. The van der Waals surface area contributed by atoms with Crippen molar-refractivity contribution in [3.05, 3.63) is 94.3 Å². The van der Waals surface area contributed by atoms with E-state index in [0.717, 1.165) is 55.7 Å². The van der Waals surface area contributed by atoms with Gasteiger partial charge in [0.1, 0.15) is 29.8 Å². The van der Waals surface area contributed by atoms with Crippen LogP contribution < -0.4 is 15.4 Å². The fourth-order valence-electron chi connectivity index (χ4n) is 8.98. The van der Waals surface area contributed by atoms with Gasteiger partial charge in [-0.15, -0.1) is 0 Å². The van der Waals surface area contributed by atoms with Crippen molar-refractivity contribution in [2.24, 2.45) is 11.8 Å². The number of nitrogens with one attached hydrogen (secondary N) is 2. The zero-order valence-corrected chi connectivity index (χ0v) is 43.6. The summed E-state index contributed by atoms with van der Waals surface area (Å²) in [5, 5.41) is 7.39. The van der Waals surface area contributed by atoms with Gasteiger partial charge >= 0.3 is 12.2 Å². The Hall–Kier alpha value is -4.41. The molecule has 0 spiro atoms. The van der Waals surface area contributed by atoms with E-state index in [1.54, 1.807) is 17.0 Å². The third kappa shape index (κ3) is 14.8. The molecule has 3 saturated heterocycles. The number of hydrogen-bond donors (Lipinski definition) is 2. The second-order valence-corrected chi connectivity index (χ2v) is 26.3. The molecule has 0 radical (unpaired) electrons. The average molecular weight is 980 g/mol. The van der Waals surface area contributed by atoms with Crippen LogP contribution >= 0.6 is 11.6 Å². The quantitative estimate of drug-likeness (QED) is 0.127. The predicted octanol–water partition coefficient (Wildman–Crippen LogP) is 9.44. The van der Waals surface area contributed by atoms with Gasteiger partial charge < -0.3 is 44.0 Å². The van der Waals surface area contributed by atoms with Gasteiger partial charge in [-0.3, -0.25) is 9.69 Å². The lowest BCUT2D eigenvalue weighted by molar-refractivity contribution is -0.137. The van der Waals surface area contributed by atoms with Crippen LogP contribution in [0.15, 0.2) is 66.7 Å². The van der Waals surface area contributed by atoms with Crippen molar-refractivity contribution >= 4 is 43.7 Å². The Morgan fingerprint density at radius 1 is 0.868 bits per heavy atom. The van der Waals surface area contributed by atoms with E-state index in [2.05, 4.69) is 54.3 Å². The fourth-order valence-corrected chi connectivity index (χ4v) is 10.5. The van der Waals surface area contributed by atoms with Gasteiger partial charge in [0.05, 0.1) is 12.7 Å². The molecule has 0 unspecified atom stereocenters. The molecule has 3 aliphatic rings. The maximum Gasteiger partial charge on any atom is 0.410 e. The SMILES string of the molecule is CCOc1cccc(F)c1CN1CCN(C(=O)[C@H](NC(=O)OCc2ccccc2)C2CCN(CCc3cc(Cl)ccc3NC[C@@H]3CN(C(=O)OC(C)(C)C)C[C@H]3O[Si](C)(C)C(C)(C)C)CC2)CC1. The second-order valence-electron chi connectivity index (χ2n) is 21.1. The number of rotatable bonds is 17. The van der Waals surface area contributed by atoms with Gasteiger partial charge in [0.25, 0.3) is 0 Å². The zero-order chi connectivity index (χ0) is 49.2. The molecule has 0 aliphatic carbocycles. The van der Waals surface area contributed by atoms with Crippen molar-refractivity contribution in [2.75, 3.05) is 77.4 Å². The molecule has 16 heteroatoms. The Morgan fingerprint density at radius 2 is 1.57 bits per heavy atom. The molecular formula is C52H76ClFN6O7Si. The standard InChI is InChI=1S/C52H76ClFN6O7Si/c1-10-64-45-18-14-17-43(54)42(45)34-58-27-29-59(30-28-58)48(61)47(56-49(62)65-36-37-15-12-11-13-16-37)38-21-24-57(25-22-38)26-23-39-31-41(53)19-20-44(39)55-32-40-33-60(50(63)66-51(2,3)4)35-46(40)67-68(8,9)52(5,6)7/h11-20,31,38,40,46-47,55H,10,21-30,32-36H2,1-9H3,(H,56,62)/t40-,46-,47-/m1/s1. The number of ether oxygens (including phenoxy) is 3. The number of amides is 3. The van der Waals surface area contributed by atoms with E-state index in [-0.39, 0.29) is 47.4 Å². The molecule has 3 atom stereocenters. The molecule has 3 heterocycles. The molecule has 3 fully saturated rings. The summed E-state index contributed by atoms with van der Waals surface area (Å²) in [6.07, 6.45) is 1.12. The first-order valence-electron chi connectivity index (χ1n) is 24.5. The van der Waals surface area contributed by atoms with Crippen LogP contribution in [-0.2, 0) is 38.3 Å². The van der Waals surface area contributed by atoms with Gasteiger partial charge in [-0.1, -0.05) is 68.8 Å². The minimum absolute atomic E-state index is 0.0153. The van der Waals surface area contributed by atoms with Crippen LogP contribution in [0, 0.1) is 17.7 Å². The van der Waals surface area contributed by atoms with E-state index in [4.69, 9.17) is 30.2 Å². The Kier molecular flexibility index (Phi) is 18.3. The highest BCUT2D eigenvalue weighted by Gasteiger charge is 2.45. The van der Waals surface area contributed by atoms with Gasteiger partial charge in [-0.25, -0.2) is 14.0 Å². The van der Waals surface area contributed by atoms with E-state index in [0.29, 0.717) is 75.3 Å². The number of carbonyl (C=O) groups is 3. The van der Waals surface area contributed by atoms with Crippen molar-refractivity contribution in [1.29, 1.82) is 0 Å². The first kappa shape index (κ1) is 52.9. The lowest BCUT2D eigenvalue weighted by atomic mass is 9.88. The van der Waals surface area contributed by atoms with Gasteiger partial charge in [-0.2, -0.15) is 0 Å². The predicted molar refractivity (Wildman–Crippen MR) is 269 cm³/mol. The monoisotopic (exact) mass is 979 g/mol. The van der Waals surface area contributed by atoms with Crippen LogP contribution in [0.1, 0.15) is 78.0 Å². The number of alkyl carbamates (subject to hydrolysis) is 1. The number of piperidine rings is 1. The highest BCUT2D eigenvalue weighted by molar-refractivity contribution is 6.74. The molecule has 6 rings (SSSR count). The molecule has 3 amide bonds. The van der Waals surface area contributed by atoms with Gasteiger partial charge in [0.15, 0.2) is 8.32 Å². The molecule has 3 aromatic rings. The van der Waals surface area contributed by atoms with Crippen molar-refractivity contribution < 1.29 is 37.4 Å². The molecule has 374 valence electrons. The van der Waals surface area contributed by atoms with Crippen LogP contribution in [0.2, 0.25) is 23.2 Å². The number of benzene rings is 3. The Morgan fingerprint density at radius 3 is 2.24 bits per heavy atom. The fraction of sp³-hybridized carbons (Fsp3) is 0.596. The summed E-state index contributed by atoms with van der Waals surface area (Å²) in [5.74, 6) is 0.0678. The number of hydrogen-bond acceptors (Lipinski definition) is 10. The molecule has 13 nitrogen and oxygen atoms in total. The molecule has 0 aromatic heterocycles. The zero-order valence-electron chi connectivity index (χ0n) is 41.9. The summed E-state index contributed by atoms with van der Waals surface area (Å²) in [7, 11) is -2.15. The maximum atomic E-state index is 14.9. The van der Waals surface area contributed by atoms with Crippen molar-refractivity contribution in [1.82, 2.24) is 24.9 Å². The van der Waals surface area contributed by atoms with Crippen LogP contribution in [0.25, 0.3) is 0 Å². The van der Waals surface area contributed by atoms with Crippen LogP contribution in [0.5, 0.6) is 5.75 Å². The van der Waals surface area contributed by atoms with Gasteiger partial charge in [0, 0.05) is 81.1 Å². The molecule has 2 N–H and O–H groups in total. The van der Waals surface area contributed by atoms with Crippen LogP contribution in [0.4, 0.5) is 19.7 Å². The summed E-state index contributed by atoms with van der Waals surface area (Å²) in [5.41, 5.74) is 2.88. The molecule has 0 saturated carbocycles. The molecule has 68 heavy (non-hydrogen) atoms. The highest BCUT2D eigenvalue weighted by Crippen LogP contribution is 2.39. The van der Waals surface area contributed by atoms with Crippen molar-refractivity contribution in [3.63, 3.8) is 0 Å². The summed E-state index contributed by atoms with van der Waals surface area (Å²) < 4.78 is 39.0. The van der Waals surface area contributed by atoms with E-state index in [1.807, 2.05) is 81.1 Å². The Labute approximate surface area is 410 Å². The Bertz CT molecular complexity index is 2140. The normalized spacial score (nSPS) is 19.4. The number of piperazine rings is 1. The van der Waals surface area contributed by atoms with Crippen LogP contribution in [0.3, 0.4) is 0 Å². The second kappa shape index (κ2) is 23.5. The van der Waals surface area contributed by atoms with E-state index in [9.17, 15) is 18.8 Å². The van der Waals surface area contributed by atoms with Gasteiger partial charge in [0.2, 0.25) is 5.91 Å². The van der Waals surface area contributed by atoms with Crippen LogP contribution in [-0.4, -0.2) is 136 Å². The lowest BCUT2D eigenvalue weighted by Crippen LogP contribution is -2.58. The maximum absolute atomic E-state index is 14.9. The summed E-state index contributed by atoms with van der Waals surface area (Å²) in [6.45, 7) is 25.6. The molecular weight excluding hydrogens is 903 g/mol. The third-order valence-corrected chi connectivity index (χ3v) is 18.6. The lowest BCUT2D eigenvalue weighted by Gasteiger charge is -2.40. The largest absolute Gasteiger partial charge is 0.493 e. The average Bonchev–Trinajstić information content (AvgIpc) is 3.69. The molecule has 3 aliphatic heterocycles. The number of carbonyl (C=O) groups excluding carboxylic acids is 3. The van der Waals surface area contributed by atoms with E-state index < -0.39 is 26.1 Å². The minimum atomic E-state index is -2.15. The first-order chi connectivity index (χ1) is 32.2. The summed E-state index contributed by atoms with van der Waals surface area (Å²) in [6, 6.07) is 19.6. The number of likely N-dealkylation sites (tertiary alicyclic amines) is 2. The molecule has 0 bridgehead atoms. The van der Waals surface area contributed by atoms with E-state index >= 15 is 0 Å².